The van der Waals surface area contributed by atoms with Gasteiger partial charge in [0.15, 0.2) is 0 Å². The first-order valence-corrected chi connectivity index (χ1v) is 5.36. The average molecular weight is 279 g/mol. The van der Waals surface area contributed by atoms with Gasteiger partial charge in [0, 0.05) is 6.07 Å². The van der Waals surface area contributed by atoms with Crippen LogP contribution in [0.4, 0.5) is 5.69 Å². The molecule has 6 nitrogen and oxygen atoms in total. The Morgan fingerprint density at radius 1 is 1.59 bits per heavy atom. The topological polar surface area (TPSA) is 82.3 Å². The van der Waals surface area contributed by atoms with E-state index in [0.717, 1.165) is 6.07 Å². The molecule has 0 aliphatic rings. The predicted octanol–water partition coefficient (Wildman–Crippen LogP) is 2.40. The molecule has 0 bridgehead atoms. The molecule has 0 N–H and O–H groups in total. The van der Waals surface area contributed by atoms with Gasteiger partial charge >= 0.3 is 11.7 Å². The van der Waals surface area contributed by atoms with Crippen molar-refractivity contribution >= 4 is 34.9 Å². The van der Waals surface area contributed by atoms with Crippen LogP contribution in [0.3, 0.4) is 0 Å². The van der Waals surface area contributed by atoms with E-state index in [0.29, 0.717) is 0 Å². The number of pyridine rings is 1. The van der Waals surface area contributed by atoms with Gasteiger partial charge in [-0.1, -0.05) is 23.2 Å². The fourth-order valence-corrected chi connectivity index (χ4v) is 1.53. The zero-order chi connectivity index (χ0) is 13.0. The maximum Gasteiger partial charge on any atom is 0.311 e. The van der Waals surface area contributed by atoms with Gasteiger partial charge in [-0.05, 0) is 6.92 Å². The molecule has 0 radical (unpaired) electrons. The first-order chi connectivity index (χ1) is 7.95. The van der Waals surface area contributed by atoms with Crippen LogP contribution in [0.25, 0.3) is 0 Å². The Labute approximate surface area is 107 Å². The number of hydrogen-bond acceptors (Lipinski definition) is 5. The molecular formula is C9H8Cl2N2O4. The molecule has 0 fully saturated rings. The number of nitrogens with zero attached hydrogens (tertiary/aromatic N) is 2. The third-order valence-electron chi connectivity index (χ3n) is 1.80. The number of carbonyl (C=O) groups excluding carboxylic acids is 1. The largest absolute Gasteiger partial charge is 0.466 e. The van der Waals surface area contributed by atoms with Crippen LogP contribution in [-0.4, -0.2) is 22.5 Å². The van der Waals surface area contributed by atoms with E-state index in [1.165, 1.54) is 0 Å². The summed E-state index contributed by atoms with van der Waals surface area (Å²) in [5, 5.41) is 10.2. The lowest BCUT2D eigenvalue weighted by Gasteiger charge is -2.04. The van der Waals surface area contributed by atoms with Crippen LogP contribution in [0.2, 0.25) is 10.2 Å². The van der Waals surface area contributed by atoms with E-state index in [-0.39, 0.29) is 28.9 Å². The van der Waals surface area contributed by atoms with Gasteiger partial charge in [-0.15, -0.1) is 0 Å². The van der Waals surface area contributed by atoms with Crippen LogP contribution >= 0.6 is 23.2 Å². The third-order valence-corrected chi connectivity index (χ3v) is 2.40. The summed E-state index contributed by atoms with van der Waals surface area (Å²) in [7, 11) is 0. The highest BCUT2D eigenvalue weighted by Crippen LogP contribution is 2.28. The molecule has 1 heterocycles. The summed E-state index contributed by atoms with van der Waals surface area (Å²) in [6.45, 7) is 1.90. The maximum absolute atomic E-state index is 11.2. The quantitative estimate of drug-likeness (QED) is 0.366. The Hall–Kier alpha value is -1.40. The van der Waals surface area contributed by atoms with Gasteiger partial charge in [-0.2, -0.15) is 0 Å². The van der Waals surface area contributed by atoms with Gasteiger partial charge in [0.2, 0.25) is 5.15 Å². The minimum Gasteiger partial charge on any atom is -0.466 e. The van der Waals surface area contributed by atoms with Gasteiger partial charge < -0.3 is 4.74 Å². The standard InChI is InChI=1S/C9H8Cl2N2O4/c1-2-17-8(14)4-6-5(10)3-7(13(15)16)9(11)12-6/h3H,2,4H2,1H3. The van der Waals surface area contributed by atoms with E-state index in [9.17, 15) is 14.9 Å². The molecule has 1 rings (SSSR count). The van der Waals surface area contributed by atoms with E-state index in [2.05, 4.69) is 4.98 Å². The molecule has 0 atom stereocenters. The average Bonchev–Trinajstić information content (AvgIpc) is 2.22. The minimum atomic E-state index is -0.699. The van der Waals surface area contributed by atoms with E-state index in [1.54, 1.807) is 6.92 Å². The molecule has 0 amide bonds. The Balaban J connectivity index is 2.99. The molecule has 0 saturated carbocycles. The van der Waals surface area contributed by atoms with Gasteiger partial charge in [-0.3, -0.25) is 14.9 Å². The molecule has 0 unspecified atom stereocenters. The SMILES string of the molecule is CCOC(=O)Cc1nc(Cl)c([N+](=O)[O-])cc1Cl. The van der Waals surface area contributed by atoms with Crippen LogP contribution in [0, 0.1) is 10.1 Å². The van der Waals surface area contributed by atoms with Crippen LogP contribution < -0.4 is 0 Å². The van der Waals surface area contributed by atoms with Crippen LogP contribution in [-0.2, 0) is 16.0 Å². The van der Waals surface area contributed by atoms with Gasteiger partial charge in [0.1, 0.15) is 0 Å². The zero-order valence-electron chi connectivity index (χ0n) is 8.77. The van der Waals surface area contributed by atoms with Crippen molar-refractivity contribution < 1.29 is 14.5 Å². The fraction of sp³-hybridized carbons (Fsp3) is 0.333. The lowest BCUT2D eigenvalue weighted by molar-refractivity contribution is -0.385. The highest BCUT2D eigenvalue weighted by atomic mass is 35.5. The first kappa shape index (κ1) is 13.7. The molecule has 0 spiro atoms. The first-order valence-electron chi connectivity index (χ1n) is 4.60. The number of ether oxygens (including phenoxy) is 1. The number of nitro groups is 1. The van der Waals surface area contributed by atoms with E-state index in [4.69, 9.17) is 27.9 Å². The summed E-state index contributed by atoms with van der Waals surface area (Å²) in [6, 6.07) is 1.06. The molecule has 0 aliphatic heterocycles. The zero-order valence-corrected chi connectivity index (χ0v) is 10.3. The molecule has 0 aromatic carbocycles. The van der Waals surface area contributed by atoms with E-state index in [1.807, 2.05) is 0 Å². The highest BCUT2D eigenvalue weighted by molar-refractivity contribution is 6.34. The third kappa shape index (κ3) is 3.54. The molecule has 1 aromatic rings. The smallest absolute Gasteiger partial charge is 0.311 e. The number of aromatic nitrogens is 1. The van der Waals surface area contributed by atoms with Crippen molar-refractivity contribution in [2.45, 2.75) is 13.3 Å². The Morgan fingerprint density at radius 3 is 2.76 bits per heavy atom. The molecule has 92 valence electrons. The van der Waals surface area contributed by atoms with Crippen LogP contribution in [0.1, 0.15) is 12.6 Å². The number of hydrogen-bond donors (Lipinski definition) is 0. The van der Waals surface area contributed by atoms with Crippen LogP contribution in [0.15, 0.2) is 6.07 Å². The summed E-state index contributed by atoms with van der Waals surface area (Å²) in [5.74, 6) is -0.521. The molecule has 8 heteroatoms. The molecule has 0 saturated heterocycles. The Morgan fingerprint density at radius 2 is 2.24 bits per heavy atom. The van der Waals surface area contributed by atoms with Gasteiger partial charge in [-0.25, -0.2) is 4.98 Å². The minimum absolute atomic E-state index is 0.00848. The summed E-state index contributed by atoms with van der Waals surface area (Å²) < 4.78 is 4.70. The lowest BCUT2D eigenvalue weighted by Crippen LogP contribution is -2.09. The molecule has 17 heavy (non-hydrogen) atoms. The van der Waals surface area contributed by atoms with Gasteiger partial charge in [0.25, 0.3) is 0 Å². The van der Waals surface area contributed by atoms with Crippen molar-refractivity contribution in [2.75, 3.05) is 6.61 Å². The number of esters is 1. The summed E-state index contributed by atoms with van der Waals surface area (Å²) in [4.78, 5) is 24.7. The van der Waals surface area contributed by atoms with E-state index < -0.39 is 16.6 Å². The fourth-order valence-electron chi connectivity index (χ4n) is 1.09. The second-order valence-electron chi connectivity index (χ2n) is 2.97. The second-order valence-corrected chi connectivity index (χ2v) is 3.73. The van der Waals surface area contributed by atoms with Crippen molar-refractivity contribution in [3.8, 4) is 0 Å². The lowest BCUT2D eigenvalue weighted by atomic mass is 10.2. The van der Waals surface area contributed by atoms with E-state index >= 15 is 0 Å². The summed E-state index contributed by atoms with van der Waals surface area (Å²) >= 11 is 11.3. The van der Waals surface area contributed by atoms with Crippen LogP contribution in [0.5, 0.6) is 0 Å². The number of carbonyl (C=O) groups is 1. The molecular weight excluding hydrogens is 271 g/mol. The van der Waals surface area contributed by atoms with Crippen molar-refractivity contribution in [3.63, 3.8) is 0 Å². The monoisotopic (exact) mass is 278 g/mol. The maximum atomic E-state index is 11.2. The number of rotatable bonds is 4. The molecule has 0 aliphatic carbocycles. The summed E-state index contributed by atoms with van der Waals surface area (Å²) in [6.07, 6.45) is -0.176. The van der Waals surface area contributed by atoms with Crippen molar-refractivity contribution in [1.82, 2.24) is 4.98 Å². The highest BCUT2D eigenvalue weighted by Gasteiger charge is 2.19. The van der Waals surface area contributed by atoms with Crippen molar-refractivity contribution in [1.29, 1.82) is 0 Å². The normalized spacial score (nSPS) is 10.1. The van der Waals surface area contributed by atoms with Gasteiger partial charge in [0.05, 0.1) is 28.7 Å². The van der Waals surface area contributed by atoms with Crippen molar-refractivity contribution in [3.05, 3.63) is 32.1 Å². The number of halogens is 2. The Bertz CT molecular complexity index is 465. The second kappa shape index (κ2) is 5.79. The molecule has 1 aromatic heterocycles. The summed E-state index contributed by atoms with van der Waals surface area (Å²) in [5.41, 5.74) is -0.245. The predicted molar refractivity (Wildman–Crippen MR) is 61.2 cm³/mol. The van der Waals surface area contributed by atoms with Crippen molar-refractivity contribution in [2.24, 2.45) is 0 Å². The Kier molecular flexibility index (Phi) is 4.65.